The first-order valence-electron chi connectivity index (χ1n) is 10.2. The number of carbonyl (C=O) groups excluding carboxylic acids is 3. The molecular weight excluding hydrogens is 390 g/mol. The summed E-state index contributed by atoms with van der Waals surface area (Å²) in [6.07, 6.45) is 2.28. The zero-order valence-electron chi connectivity index (χ0n) is 17.3. The van der Waals surface area contributed by atoms with E-state index >= 15 is 0 Å². The number of benzene rings is 1. The van der Waals surface area contributed by atoms with E-state index in [9.17, 15) is 24.5 Å². The fourth-order valence-electron chi connectivity index (χ4n) is 3.82. The molecule has 1 N–H and O–H groups in total. The summed E-state index contributed by atoms with van der Waals surface area (Å²) in [4.78, 5) is 52.7. The number of amides is 4. The van der Waals surface area contributed by atoms with E-state index in [1.807, 2.05) is 11.8 Å². The minimum Gasteiger partial charge on any atom is -0.368 e. The minimum absolute atomic E-state index is 0.0343. The van der Waals surface area contributed by atoms with Gasteiger partial charge in [0.1, 0.15) is 12.1 Å². The van der Waals surface area contributed by atoms with Gasteiger partial charge in [0, 0.05) is 44.0 Å². The van der Waals surface area contributed by atoms with Gasteiger partial charge in [0.25, 0.3) is 11.6 Å². The molecule has 2 aliphatic rings. The number of nitro benzene ring substituents is 1. The highest BCUT2D eigenvalue weighted by Gasteiger charge is 2.48. The number of nitrogens with one attached hydrogen (secondary N) is 1. The van der Waals surface area contributed by atoms with Crippen LogP contribution in [0.25, 0.3) is 0 Å². The van der Waals surface area contributed by atoms with Gasteiger partial charge in [0.15, 0.2) is 0 Å². The van der Waals surface area contributed by atoms with Gasteiger partial charge >= 0.3 is 6.03 Å². The molecule has 2 heterocycles. The summed E-state index contributed by atoms with van der Waals surface area (Å²) >= 11 is 0. The molecule has 0 unspecified atom stereocenters. The van der Waals surface area contributed by atoms with Crippen LogP contribution in [0.2, 0.25) is 0 Å². The van der Waals surface area contributed by atoms with Crippen LogP contribution in [0.15, 0.2) is 24.3 Å². The first-order valence-corrected chi connectivity index (χ1v) is 10.2. The topological polar surface area (TPSA) is 116 Å². The molecule has 2 aliphatic heterocycles. The Morgan fingerprint density at radius 1 is 1.17 bits per heavy atom. The van der Waals surface area contributed by atoms with Crippen molar-refractivity contribution in [1.29, 1.82) is 0 Å². The molecule has 162 valence electrons. The highest BCUT2D eigenvalue weighted by molar-refractivity contribution is 6.08. The van der Waals surface area contributed by atoms with Crippen LogP contribution in [0.1, 0.15) is 33.1 Å². The van der Waals surface area contributed by atoms with Crippen LogP contribution < -0.4 is 10.2 Å². The molecule has 2 fully saturated rings. The van der Waals surface area contributed by atoms with E-state index < -0.39 is 16.5 Å². The highest BCUT2D eigenvalue weighted by Crippen LogP contribution is 2.24. The number of imide groups is 1. The highest BCUT2D eigenvalue weighted by atomic mass is 16.6. The van der Waals surface area contributed by atoms with Gasteiger partial charge in [0.05, 0.1) is 4.92 Å². The van der Waals surface area contributed by atoms with Crippen molar-refractivity contribution in [3.05, 3.63) is 34.4 Å². The van der Waals surface area contributed by atoms with Crippen molar-refractivity contribution in [2.75, 3.05) is 37.6 Å². The molecule has 10 nitrogen and oxygen atoms in total. The van der Waals surface area contributed by atoms with Gasteiger partial charge in [-0.3, -0.25) is 24.6 Å². The number of unbranched alkanes of at least 4 members (excludes halogenated alkanes) is 1. The van der Waals surface area contributed by atoms with Crippen LogP contribution in [0, 0.1) is 10.1 Å². The number of rotatable bonds is 7. The summed E-state index contributed by atoms with van der Waals surface area (Å²) in [5.41, 5.74) is -0.0531. The summed E-state index contributed by atoms with van der Waals surface area (Å²) < 4.78 is 0. The molecule has 1 aromatic carbocycles. The van der Waals surface area contributed by atoms with Crippen molar-refractivity contribution >= 4 is 29.2 Å². The molecular formula is C20H27N5O5. The summed E-state index contributed by atoms with van der Waals surface area (Å²) in [5.74, 6) is -0.611. The Balaban J connectivity index is 1.55. The summed E-state index contributed by atoms with van der Waals surface area (Å²) in [7, 11) is 0. The first kappa shape index (κ1) is 21.5. The van der Waals surface area contributed by atoms with Gasteiger partial charge in [0.2, 0.25) is 5.91 Å². The summed E-state index contributed by atoms with van der Waals surface area (Å²) in [6, 6.07) is 5.79. The molecule has 1 aromatic rings. The van der Waals surface area contributed by atoms with E-state index in [2.05, 4.69) is 5.32 Å². The van der Waals surface area contributed by atoms with Crippen molar-refractivity contribution in [2.24, 2.45) is 0 Å². The predicted molar refractivity (Wildman–Crippen MR) is 110 cm³/mol. The fraction of sp³-hybridized carbons (Fsp3) is 0.550. The third kappa shape index (κ3) is 4.37. The second-order valence-electron chi connectivity index (χ2n) is 7.90. The summed E-state index contributed by atoms with van der Waals surface area (Å²) in [6.45, 7) is 5.50. The average Bonchev–Trinajstić information content (AvgIpc) is 2.95. The Kier molecular flexibility index (Phi) is 6.23. The monoisotopic (exact) mass is 417 g/mol. The van der Waals surface area contributed by atoms with Crippen LogP contribution >= 0.6 is 0 Å². The molecule has 0 aliphatic carbocycles. The molecule has 3 rings (SSSR count). The number of hydrogen-bond donors (Lipinski definition) is 1. The standard InChI is InChI=1S/C20H27N5O5/c1-3-4-9-20(2)18(27)24(19(28)21-20)14-17(26)23-12-10-22(11-13-23)15-5-7-16(8-6-15)25(29)30/h5-8H,3-4,9-14H2,1-2H3,(H,21,28)/t20-/m0/s1. The van der Waals surface area contributed by atoms with E-state index in [1.165, 1.54) is 12.1 Å². The molecule has 30 heavy (non-hydrogen) atoms. The first-order chi connectivity index (χ1) is 14.2. The SMILES string of the molecule is CCCC[C@]1(C)NC(=O)N(CC(=O)N2CCN(c3ccc([N+](=O)[O-])cc3)CC2)C1=O. The number of nitrogens with zero attached hydrogens (tertiary/aromatic N) is 4. The van der Waals surface area contributed by atoms with E-state index in [4.69, 9.17) is 0 Å². The maximum absolute atomic E-state index is 12.7. The molecule has 0 bridgehead atoms. The molecule has 0 radical (unpaired) electrons. The van der Waals surface area contributed by atoms with Crippen molar-refractivity contribution in [2.45, 2.75) is 38.6 Å². The molecule has 10 heteroatoms. The second kappa shape index (κ2) is 8.68. The lowest BCUT2D eigenvalue weighted by Gasteiger charge is -2.36. The third-order valence-corrected chi connectivity index (χ3v) is 5.73. The third-order valence-electron chi connectivity index (χ3n) is 5.73. The normalized spacial score (nSPS) is 21.7. The van der Waals surface area contributed by atoms with Gasteiger partial charge in [-0.1, -0.05) is 19.8 Å². The molecule has 4 amide bonds. The van der Waals surface area contributed by atoms with Crippen LogP contribution in [0.5, 0.6) is 0 Å². The summed E-state index contributed by atoms with van der Waals surface area (Å²) in [5, 5.41) is 13.5. The Morgan fingerprint density at radius 2 is 1.80 bits per heavy atom. The minimum atomic E-state index is -0.942. The number of urea groups is 1. The predicted octanol–water partition coefficient (Wildman–Crippen LogP) is 1.74. The Hall–Kier alpha value is -3.17. The van der Waals surface area contributed by atoms with Crippen molar-refractivity contribution < 1.29 is 19.3 Å². The van der Waals surface area contributed by atoms with Crippen LogP contribution in [-0.2, 0) is 9.59 Å². The molecule has 1 atom stereocenters. The van der Waals surface area contributed by atoms with Crippen molar-refractivity contribution in [3.8, 4) is 0 Å². The smallest absolute Gasteiger partial charge is 0.325 e. The lowest BCUT2D eigenvalue weighted by molar-refractivity contribution is -0.384. The maximum atomic E-state index is 12.7. The van der Waals surface area contributed by atoms with E-state index in [0.29, 0.717) is 32.6 Å². The van der Waals surface area contributed by atoms with E-state index in [1.54, 1.807) is 24.0 Å². The van der Waals surface area contributed by atoms with Crippen LogP contribution in [0.4, 0.5) is 16.2 Å². The number of non-ortho nitro benzene ring substituents is 1. The van der Waals surface area contributed by atoms with Crippen molar-refractivity contribution in [1.82, 2.24) is 15.1 Å². The van der Waals surface area contributed by atoms with Crippen LogP contribution in [0.3, 0.4) is 0 Å². The van der Waals surface area contributed by atoms with Gasteiger partial charge in [-0.25, -0.2) is 4.79 Å². The van der Waals surface area contributed by atoms with Gasteiger partial charge in [-0.15, -0.1) is 0 Å². The quantitative estimate of drug-likeness (QED) is 0.410. The van der Waals surface area contributed by atoms with Crippen LogP contribution in [-0.4, -0.2) is 70.8 Å². The Bertz CT molecular complexity index is 834. The second-order valence-corrected chi connectivity index (χ2v) is 7.90. The Morgan fingerprint density at radius 3 is 2.37 bits per heavy atom. The lowest BCUT2D eigenvalue weighted by Crippen LogP contribution is -2.52. The molecule has 0 saturated carbocycles. The average molecular weight is 417 g/mol. The zero-order valence-corrected chi connectivity index (χ0v) is 17.3. The number of nitro groups is 1. The number of anilines is 1. The molecule has 2 saturated heterocycles. The van der Waals surface area contributed by atoms with Gasteiger partial charge in [-0.05, 0) is 25.5 Å². The van der Waals surface area contributed by atoms with E-state index in [0.717, 1.165) is 23.4 Å². The largest absolute Gasteiger partial charge is 0.368 e. The number of carbonyl (C=O) groups is 3. The molecule has 0 spiro atoms. The lowest BCUT2D eigenvalue weighted by atomic mass is 9.95. The fourth-order valence-corrected chi connectivity index (χ4v) is 3.82. The molecule has 0 aromatic heterocycles. The Labute approximate surface area is 174 Å². The number of piperazine rings is 1. The number of hydrogen-bond acceptors (Lipinski definition) is 6. The van der Waals surface area contributed by atoms with Crippen molar-refractivity contribution in [3.63, 3.8) is 0 Å². The van der Waals surface area contributed by atoms with E-state index in [-0.39, 0.29) is 24.0 Å². The van der Waals surface area contributed by atoms with Gasteiger partial charge in [-0.2, -0.15) is 0 Å². The van der Waals surface area contributed by atoms with Gasteiger partial charge < -0.3 is 15.1 Å². The zero-order chi connectivity index (χ0) is 21.9. The maximum Gasteiger partial charge on any atom is 0.325 e.